The summed E-state index contributed by atoms with van der Waals surface area (Å²) in [6.07, 6.45) is 4.53. The van der Waals surface area contributed by atoms with Crippen molar-refractivity contribution in [1.82, 2.24) is 30.1 Å². The molecule has 1 aliphatic rings. The number of hydrogen-bond donors (Lipinski definition) is 4. The molecule has 0 unspecified atom stereocenters. The van der Waals surface area contributed by atoms with Crippen molar-refractivity contribution in [1.29, 1.82) is 0 Å². The third kappa shape index (κ3) is 7.94. The fraction of sp³-hybridized carbons (Fsp3) is 0.393. The molecule has 12 heteroatoms. The van der Waals surface area contributed by atoms with E-state index in [2.05, 4.69) is 35.4 Å². The van der Waals surface area contributed by atoms with Gasteiger partial charge in [-0.25, -0.2) is 15.0 Å². The lowest BCUT2D eigenvalue weighted by molar-refractivity contribution is -0.138. The van der Waals surface area contributed by atoms with Crippen LogP contribution in [0.2, 0.25) is 0 Å². The first-order valence-electron chi connectivity index (χ1n) is 13.3. The summed E-state index contributed by atoms with van der Waals surface area (Å²) in [4.78, 5) is 43.0. The Morgan fingerprint density at radius 2 is 1.85 bits per heavy atom. The second-order valence-corrected chi connectivity index (χ2v) is 9.86. The summed E-state index contributed by atoms with van der Waals surface area (Å²) in [6, 6.07) is 11.2. The van der Waals surface area contributed by atoms with Crippen molar-refractivity contribution in [2.24, 2.45) is 5.73 Å². The lowest BCUT2D eigenvalue weighted by atomic mass is 10.0. The minimum Gasteiger partial charge on any atom is -0.480 e. The number of primary amides is 1. The van der Waals surface area contributed by atoms with Crippen molar-refractivity contribution < 1.29 is 14.7 Å². The number of aliphatic carboxylic acids is 1. The van der Waals surface area contributed by atoms with E-state index in [9.17, 15) is 9.59 Å². The molecule has 0 radical (unpaired) electrons. The Morgan fingerprint density at radius 1 is 1.07 bits per heavy atom. The van der Waals surface area contributed by atoms with Crippen LogP contribution in [0.5, 0.6) is 0 Å². The summed E-state index contributed by atoms with van der Waals surface area (Å²) in [7, 11) is 3.98. The smallest absolute Gasteiger partial charge is 0.317 e. The number of nitrogens with two attached hydrogens (primary N) is 1. The van der Waals surface area contributed by atoms with E-state index in [0.717, 1.165) is 47.8 Å². The second-order valence-electron chi connectivity index (χ2n) is 9.86. The Balaban J connectivity index is 1.44. The molecule has 1 amide bonds. The van der Waals surface area contributed by atoms with Crippen LogP contribution in [0.1, 0.15) is 22.3 Å². The number of carbonyl (C=O) groups is 2. The molecule has 0 saturated carbocycles. The van der Waals surface area contributed by atoms with Crippen LogP contribution in [0.3, 0.4) is 0 Å². The Labute approximate surface area is 234 Å². The van der Waals surface area contributed by atoms with Gasteiger partial charge >= 0.3 is 5.97 Å². The number of pyridine rings is 1. The molecule has 40 heavy (non-hydrogen) atoms. The van der Waals surface area contributed by atoms with Gasteiger partial charge in [-0.3, -0.25) is 19.4 Å². The van der Waals surface area contributed by atoms with Crippen LogP contribution in [0.25, 0.3) is 11.3 Å². The van der Waals surface area contributed by atoms with Crippen LogP contribution >= 0.6 is 0 Å². The molecule has 1 aromatic carbocycles. The maximum Gasteiger partial charge on any atom is 0.317 e. The first-order chi connectivity index (χ1) is 19.3. The fourth-order valence-corrected chi connectivity index (χ4v) is 4.66. The first-order valence-corrected chi connectivity index (χ1v) is 13.3. The molecule has 1 fully saturated rings. The summed E-state index contributed by atoms with van der Waals surface area (Å²) in [5.74, 6) is 0.00236. The van der Waals surface area contributed by atoms with Gasteiger partial charge in [-0.2, -0.15) is 0 Å². The zero-order valence-corrected chi connectivity index (χ0v) is 23.0. The van der Waals surface area contributed by atoms with Gasteiger partial charge in [-0.1, -0.05) is 0 Å². The van der Waals surface area contributed by atoms with Gasteiger partial charge in [0.2, 0.25) is 11.9 Å². The highest BCUT2D eigenvalue weighted by Gasteiger charge is 2.20. The molecule has 1 aliphatic heterocycles. The number of aromatic nitrogens is 3. The summed E-state index contributed by atoms with van der Waals surface area (Å²) in [5.41, 5.74) is 9.25. The zero-order chi connectivity index (χ0) is 28.5. The summed E-state index contributed by atoms with van der Waals surface area (Å²) >= 11 is 0. The first kappa shape index (κ1) is 28.9. The largest absolute Gasteiger partial charge is 0.480 e. The number of nitrogens with zero attached hydrogens (tertiary/aromatic N) is 6. The van der Waals surface area contributed by atoms with Gasteiger partial charge in [0.05, 0.1) is 12.2 Å². The van der Waals surface area contributed by atoms with Crippen molar-refractivity contribution in [3.8, 4) is 11.3 Å². The standard InChI is InChI=1S/C28H37N9O3/c1-30-9-3-11-35(2)25-7-4-20(17-32-25)24-8-10-31-28(34-24)33-22-5-6-23(27(29)40)21(16-22)18-36-12-14-37(15-13-36)19-26(38)39/h4-8,10,16-17,30H,3,9,11-15,18-19H2,1-2H3,(H2,29,40)(H,38,39)(H,31,33,34). The summed E-state index contributed by atoms with van der Waals surface area (Å²) in [5, 5.41) is 15.4. The molecule has 1 saturated heterocycles. The number of carbonyl (C=O) groups excluding carboxylic acids is 1. The topological polar surface area (TPSA) is 153 Å². The average molecular weight is 548 g/mol. The molecule has 0 spiro atoms. The number of nitrogens with one attached hydrogen (secondary N) is 2. The van der Waals surface area contributed by atoms with Gasteiger partial charge in [-0.05, 0) is 62.0 Å². The van der Waals surface area contributed by atoms with Gasteiger partial charge < -0.3 is 26.4 Å². The molecule has 0 aliphatic carbocycles. The number of rotatable bonds is 13. The Kier molecular flexibility index (Phi) is 9.95. The maximum atomic E-state index is 12.1. The van der Waals surface area contributed by atoms with Crippen LogP contribution in [0.4, 0.5) is 17.5 Å². The number of amides is 1. The van der Waals surface area contributed by atoms with Gasteiger partial charge in [0.25, 0.3) is 0 Å². The van der Waals surface area contributed by atoms with E-state index in [4.69, 9.17) is 10.8 Å². The van der Waals surface area contributed by atoms with Gasteiger partial charge in [0.15, 0.2) is 0 Å². The Hall–Kier alpha value is -4.13. The van der Waals surface area contributed by atoms with Crippen molar-refractivity contribution in [2.45, 2.75) is 13.0 Å². The Bertz CT molecular complexity index is 1290. The highest BCUT2D eigenvalue weighted by atomic mass is 16.4. The summed E-state index contributed by atoms with van der Waals surface area (Å²) < 4.78 is 0. The van der Waals surface area contributed by atoms with Gasteiger partial charge in [0, 0.05) is 75.5 Å². The summed E-state index contributed by atoms with van der Waals surface area (Å²) in [6.45, 7) is 5.13. The molecule has 0 bridgehead atoms. The molecule has 3 aromatic rings. The van der Waals surface area contributed by atoms with E-state index in [1.165, 1.54) is 0 Å². The van der Waals surface area contributed by atoms with Crippen molar-refractivity contribution in [2.75, 3.05) is 70.1 Å². The number of piperazine rings is 1. The molecule has 5 N–H and O–H groups in total. The van der Waals surface area contributed by atoms with E-state index in [1.54, 1.807) is 18.3 Å². The molecular formula is C28H37N9O3. The predicted molar refractivity (Wildman–Crippen MR) is 155 cm³/mol. The van der Waals surface area contributed by atoms with Crippen molar-refractivity contribution in [3.63, 3.8) is 0 Å². The third-order valence-electron chi connectivity index (χ3n) is 6.86. The van der Waals surface area contributed by atoms with Gasteiger partial charge in [0.1, 0.15) is 5.82 Å². The number of carboxylic acid groups (broad SMARTS) is 1. The lowest BCUT2D eigenvalue weighted by Crippen LogP contribution is -2.47. The zero-order valence-electron chi connectivity index (χ0n) is 23.0. The number of anilines is 3. The highest BCUT2D eigenvalue weighted by molar-refractivity contribution is 5.94. The highest BCUT2D eigenvalue weighted by Crippen LogP contribution is 2.23. The van der Waals surface area contributed by atoms with Crippen molar-refractivity contribution >= 4 is 29.3 Å². The fourth-order valence-electron chi connectivity index (χ4n) is 4.66. The molecular weight excluding hydrogens is 510 g/mol. The molecule has 4 rings (SSSR count). The van der Waals surface area contributed by atoms with E-state index >= 15 is 0 Å². The lowest BCUT2D eigenvalue weighted by Gasteiger charge is -2.34. The minimum atomic E-state index is -0.828. The molecule has 3 heterocycles. The molecule has 2 aromatic heterocycles. The van der Waals surface area contributed by atoms with E-state index in [-0.39, 0.29) is 6.54 Å². The third-order valence-corrected chi connectivity index (χ3v) is 6.86. The van der Waals surface area contributed by atoms with E-state index < -0.39 is 11.9 Å². The average Bonchev–Trinajstić information content (AvgIpc) is 2.94. The SMILES string of the molecule is CNCCCN(C)c1ccc(-c2ccnc(Nc3ccc(C(N)=O)c(CN4CCN(CC(=O)O)CC4)c3)n2)cn1. The van der Waals surface area contributed by atoms with Crippen LogP contribution in [-0.2, 0) is 11.3 Å². The minimum absolute atomic E-state index is 0.0348. The second kappa shape index (κ2) is 13.8. The maximum absolute atomic E-state index is 12.1. The van der Waals surface area contributed by atoms with Crippen LogP contribution in [0, 0.1) is 0 Å². The van der Waals surface area contributed by atoms with E-state index in [1.807, 2.05) is 49.5 Å². The molecule has 0 atom stereocenters. The van der Waals surface area contributed by atoms with E-state index in [0.29, 0.717) is 44.2 Å². The quantitative estimate of drug-likeness (QED) is 0.231. The van der Waals surface area contributed by atoms with Crippen LogP contribution in [0.15, 0.2) is 48.8 Å². The van der Waals surface area contributed by atoms with Crippen LogP contribution in [-0.4, -0.2) is 102 Å². The normalized spacial score (nSPS) is 14.2. The number of carboxylic acids is 1. The number of benzene rings is 1. The number of hydrogen-bond acceptors (Lipinski definition) is 10. The van der Waals surface area contributed by atoms with Crippen molar-refractivity contribution in [3.05, 3.63) is 59.9 Å². The Morgan fingerprint density at radius 3 is 2.52 bits per heavy atom. The predicted octanol–water partition coefficient (Wildman–Crippen LogP) is 1.63. The van der Waals surface area contributed by atoms with Gasteiger partial charge in [-0.15, -0.1) is 0 Å². The molecule has 12 nitrogen and oxygen atoms in total. The van der Waals surface area contributed by atoms with Crippen LogP contribution < -0.4 is 21.3 Å². The monoisotopic (exact) mass is 547 g/mol. The molecule has 212 valence electrons.